The van der Waals surface area contributed by atoms with E-state index in [1.807, 2.05) is 30.4 Å². The van der Waals surface area contributed by atoms with Gasteiger partial charge in [0.05, 0.1) is 0 Å². The molecule has 0 saturated carbocycles. The summed E-state index contributed by atoms with van der Waals surface area (Å²) >= 11 is 0. The molecule has 3 heteroatoms. The molecule has 0 aliphatic rings. The van der Waals surface area contributed by atoms with Crippen molar-refractivity contribution in [2.75, 3.05) is 6.54 Å². The second-order valence-electron chi connectivity index (χ2n) is 3.42. The highest BCUT2D eigenvalue weighted by Gasteiger charge is 1.94. The van der Waals surface area contributed by atoms with E-state index in [9.17, 15) is 9.59 Å². The molecular weight excluding hydrogens is 202 g/mol. The minimum Gasteiger partial charge on any atom is -0.356 e. The minimum absolute atomic E-state index is 0.0262. The van der Waals surface area contributed by atoms with Crippen molar-refractivity contribution in [1.29, 1.82) is 0 Å². The fraction of sp³-hybridized carbons (Fsp3) is 0.231. The molecule has 1 N–H and O–H groups in total. The fourth-order valence-electron chi connectivity index (χ4n) is 1.31. The third kappa shape index (κ3) is 4.09. The number of aldehydes is 1. The van der Waals surface area contributed by atoms with Gasteiger partial charge in [0.25, 0.3) is 0 Å². The van der Waals surface area contributed by atoms with Gasteiger partial charge in [-0.1, -0.05) is 36.4 Å². The Morgan fingerprint density at radius 2 is 2.00 bits per heavy atom. The van der Waals surface area contributed by atoms with Gasteiger partial charge in [-0.15, -0.1) is 0 Å². The molecule has 1 aromatic rings. The second kappa shape index (κ2) is 6.56. The molecule has 0 atom stereocenters. The molecule has 1 amide bonds. The van der Waals surface area contributed by atoms with Crippen molar-refractivity contribution in [2.24, 2.45) is 0 Å². The predicted octanol–water partition coefficient (Wildman–Crippen LogP) is 2.04. The number of carbonyl (C=O) groups excluding carboxylic acids is 2. The Morgan fingerprint density at radius 1 is 1.31 bits per heavy atom. The molecule has 1 aromatic carbocycles. The van der Waals surface area contributed by atoms with Crippen LogP contribution in [-0.2, 0) is 4.79 Å². The zero-order valence-electron chi connectivity index (χ0n) is 9.27. The first kappa shape index (κ1) is 12.2. The van der Waals surface area contributed by atoms with E-state index in [0.29, 0.717) is 12.1 Å². The molecule has 0 fully saturated rings. The van der Waals surface area contributed by atoms with Gasteiger partial charge in [-0.2, -0.15) is 0 Å². The van der Waals surface area contributed by atoms with E-state index in [1.54, 1.807) is 6.07 Å². The van der Waals surface area contributed by atoms with Crippen LogP contribution in [-0.4, -0.2) is 18.7 Å². The lowest BCUT2D eigenvalue weighted by molar-refractivity contribution is -0.118. The number of rotatable bonds is 5. The Labute approximate surface area is 95.2 Å². The van der Waals surface area contributed by atoms with Gasteiger partial charge in [-0.05, 0) is 12.0 Å². The smallest absolute Gasteiger partial charge is 0.216 e. The lowest BCUT2D eigenvalue weighted by Gasteiger charge is -1.99. The maximum Gasteiger partial charge on any atom is 0.216 e. The van der Waals surface area contributed by atoms with Gasteiger partial charge < -0.3 is 5.32 Å². The van der Waals surface area contributed by atoms with Gasteiger partial charge in [-0.3, -0.25) is 9.59 Å². The summed E-state index contributed by atoms with van der Waals surface area (Å²) in [5.41, 5.74) is 1.58. The number of carbonyl (C=O) groups is 2. The van der Waals surface area contributed by atoms with Crippen LogP contribution >= 0.6 is 0 Å². The van der Waals surface area contributed by atoms with Crippen LogP contribution in [0.4, 0.5) is 0 Å². The predicted molar refractivity (Wildman–Crippen MR) is 64.2 cm³/mol. The molecule has 84 valence electrons. The van der Waals surface area contributed by atoms with Gasteiger partial charge in [0.15, 0.2) is 6.29 Å². The van der Waals surface area contributed by atoms with E-state index < -0.39 is 0 Å². The van der Waals surface area contributed by atoms with Crippen molar-refractivity contribution >= 4 is 18.3 Å². The van der Waals surface area contributed by atoms with Crippen molar-refractivity contribution in [2.45, 2.75) is 13.3 Å². The molecular formula is C13H15NO2. The maximum atomic E-state index is 10.7. The molecule has 0 spiro atoms. The van der Waals surface area contributed by atoms with Crippen molar-refractivity contribution in [1.82, 2.24) is 5.32 Å². The zero-order chi connectivity index (χ0) is 11.8. The van der Waals surface area contributed by atoms with Crippen molar-refractivity contribution in [3.63, 3.8) is 0 Å². The van der Waals surface area contributed by atoms with Crippen LogP contribution in [0.1, 0.15) is 29.3 Å². The average molecular weight is 217 g/mol. The molecule has 0 bridgehead atoms. The fourth-order valence-corrected chi connectivity index (χ4v) is 1.31. The summed E-state index contributed by atoms with van der Waals surface area (Å²) in [7, 11) is 0. The summed E-state index contributed by atoms with van der Waals surface area (Å²) in [5, 5.41) is 2.70. The van der Waals surface area contributed by atoms with Crippen molar-refractivity contribution in [3.05, 3.63) is 41.5 Å². The molecule has 0 aliphatic heterocycles. The number of amides is 1. The second-order valence-corrected chi connectivity index (χ2v) is 3.42. The SMILES string of the molecule is CC(=O)NCCC=Cc1ccccc1C=O. The van der Waals surface area contributed by atoms with Crippen molar-refractivity contribution in [3.8, 4) is 0 Å². The molecule has 16 heavy (non-hydrogen) atoms. The quantitative estimate of drug-likeness (QED) is 0.606. The van der Waals surface area contributed by atoms with E-state index in [0.717, 1.165) is 18.3 Å². The lowest BCUT2D eigenvalue weighted by atomic mass is 10.1. The van der Waals surface area contributed by atoms with E-state index in [-0.39, 0.29) is 5.91 Å². The Bertz CT molecular complexity index is 397. The summed E-state index contributed by atoms with van der Waals surface area (Å²) < 4.78 is 0. The first-order valence-corrected chi connectivity index (χ1v) is 5.19. The maximum absolute atomic E-state index is 10.7. The van der Waals surface area contributed by atoms with Gasteiger partial charge in [0, 0.05) is 19.0 Å². The van der Waals surface area contributed by atoms with Crippen LogP contribution in [0.3, 0.4) is 0 Å². The van der Waals surface area contributed by atoms with E-state index in [2.05, 4.69) is 5.32 Å². The third-order valence-electron chi connectivity index (χ3n) is 2.11. The van der Waals surface area contributed by atoms with Gasteiger partial charge in [0.2, 0.25) is 5.91 Å². The van der Waals surface area contributed by atoms with Gasteiger partial charge in [0.1, 0.15) is 0 Å². The van der Waals surface area contributed by atoms with Crippen LogP contribution in [0.5, 0.6) is 0 Å². The van der Waals surface area contributed by atoms with Crippen LogP contribution in [0, 0.1) is 0 Å². The van der Waals surface area contributed by atoms with Crippen LogP contribution in [0.15, 0.2) is 30.3 Å². The molecule has 0 radical (unpaired) electrons. The van der Waals surface area contributed by atoms with E-state index in [1.165, 1.54) is 6.92 Å². The molecule has 0 unspecified atom stereocenters. The monoisotopic (exact) mass is 217 g/mol. The Balaban J connectivity index is 2.49. The average Bonchev–Trinajstić information content (AvgIpc) is 2.29. The summed E-state index contributed by atoms with van der Waals surface area (Å²) in [6, 6.07) is 7.39. The summed E-state index contributed by atoms with van der Waals surface area (Å²) in [4.78, 5) is 21.3. The van der Waals surface area contributed by atoms with E-state index in [4.69, 9.17) is 0 Å². The topological polar surface area (TPSA) is 46.2 Å². The van der Waals surface area contributed by atoms with Crippen LogP contribution in [0.2, 0.25) is 0 Å². The largest absolute Gasteiger partial charge is 0.356 e. The molecule has 0 heterocycles. The lowest BCUT2D eigenvalue weighted by Crippen LogP contribution is -2.20. The number of hydrogen-bond donors (Lipinski definition) is 1. The number of benzene rings is 1. The normalized spacial score (nSPS) is 10.3. The van der Waals surface area contributed by atoms with Gasteiger partial charge in [-0.25, -0.2) is 0 Å². The first-order chi connectivity index (χ1) is 7.74. The van der Waals surface area contributed by atoms with Crippen LogP contribution in [0.25, 0.3) is 6.08 Å². The molecule has 1 rings (SSSR count). The molecule has 3 nitrogen and oxygen atoms in total. The highest BCUT2D eigenvalue weighted by atomic mass is 16.1. The summed E-state index contributed by atoms with van der Waals surface area (Å²) in [5.74, 6) is -0.0262. The molecule has 0 aliphatic carbocycles. The Kier molecular flexibility index (Phi) is 4.99. The third-order valence-corrected chi connectivity index (χ3v) is 2.11. The van der Waals surface area contributed by atoms with Crippen molar-refractivity contribution < 1.29 is 9.59 Å². The first-order valence-electron chi connectivity index (χ1n) is 5.19. The Morgan fingerprint density at radius 3 is 2.62 bits per heavy atom. The number of nitrogens with one attached hydrogen (secondary N) is 1. The summed E-state index contributed by atoms with van der Waals surface area (Å²) in [6.07, 6.45) is 5.43. The zero-order valence-corrected chi connectivity index (χ0v) is 9.27. The standard InChI is InChI=1S/C13H15NO2/c1-11(16)14-9-5-4-7-12-6-2-3-8-13(12)10-15/h2-4,6-8,10H,5,9H2,1H3,(H,14,16). The highest BCUT2D eigenvalue weighted by molar-refractivity contribution is 5.81. The highest BCUT2D eigenvalue weighted by Crippen LogP contribution is 2.08. The van der Waals surface area contributed by atoms with E-state index >= 15 is 0 Å². The van der Waals surface area contributed by atoms with Gasteiger partial charge >= 0.3 is 0 Å². The minimum atomic E-state index is -0.0262. The van der Waals surface area contributed by atoms with Crippen LogP contribution < -0.4 is 5.32 Å². The summed E-state index contributed by atoms with van der Waals surface area (Å²) in [6.45, 7) is 2.11. The molecule has 0 aromatic heterocycles. The number of hydrogen-bond acceptors (Lipinski definition) is 2. The Hall–Kier alpha value is -1.90. The molecule has 0 saturated heterocycles.